The van der Waals surface area contributed by atoms with Crippen molar-refractivity contribution < 1.29 is 14.2 Å². The molecule has 1 saturated carbocycles. The number of benzene rings is 1. The van der Waals surface area contributed by atoms with Crippen molar-refractivity contribution in [1.82, 2.24) is 4.90 Å². The lowest BCUT2D eigenvalue weighted by Crippen LogP contribution is -2.54. The van der Waals surface area contributed by atoms with E-state index in [0.29, 0.717) is 5.92 Å². The fourth-order valence-electron chi connectivity index (χ4n) is 3.95. The minimum Gasteiger partial charge on any atom is -0.497 e. The molecule has 1 aromatic carbocycles. The first-order valence-electron chi connectivity index (χ1n) is 8.24. The van der Waals surface area contributed by atoms with E-state index < -0.39 is 0 Å². The van der Waals surface area contributed by atoms with E-state index in [9.17, 15) is 0 Å². The van der Waals surface area contributed by atoms with Crippen molar-refractivity contribution in [3.8, 4) is 5.75 Å². The zero-order valence-corrected chi connectivity index (χ0v) is 13.7. The molecule has 2 aliphatic rings. The third-order valence-electron chi connectivity index (χ3n) is 5.12. The van der Waals surface area contributed by atoms with Gasteiger partial charge >= 0.3 is 0 Å². The van der Waals surface area contributed by atoms with E-state index in [1.165, 1.54) is 24.8 Å². The van der Waals surface area contributed by atoms with Crippen LogP contribution >= 0.6 is 0 Å². The summed E-state index contributed by atoms with van der Waals surface area (Å²) in [5.41, 5.74) is 1.35. The Kier molecular flexibility index (Phi) is 5.01. The van der Waals surface area contributed by atoms with Gasteiger partial charge in [-0.25, -0.2) is 0 Å². The first kappa shape index (κ1) is 15.8. The van der Waals surface area contributed by atoms with Gasteiger partial charge in [0.25, 0.3) is 0 Å². The van der Waals surface area contributed by atoms with Crippen molar-refractivity contribution in [2.24, 2.45) is 5.92 Å². The van der Waals surface area contributed by atoms with E-state index in [1.807, 2.05) is 12.1 Å². The monoisotopic (exact) mass is 305 g/mol. The summed E-state index contributed by atoms with van der Waals surface area (Å²) in [5.74, 6) is 1.45. The Morgan fingerprint density at radius 1 is 1.27 bits per heavy atom. The number of ether oxygens (including phenoxy) is 3. The van der Waals surface area contributed by atoms with Crippen LogP contribution in [0.25, 0.3) is 0 Å². The second kappa shape index (κ2) is 6.99. The SMILES string of the molecule is COC[C@@H]1CCC[C@@]12CN(Cc1ccc(OC)cc1)CCO2. The standard InChI is InChI=1S/C18H27NO3/c1-20-13-16-4-3-9-18(16)14-19(10-11-22-18)12-15-5-7-17(21-2)8-6-15/h5-8,16H,3-4,9-14H2,1-2H3/t16-,18+/m0/s1. The molecule has 122 valence electrons. The summed E-state index contributed by atoms with van der Waals surface area (Å²) in [6.07, 6.45) is 3.65. The molecule has 1 saturated heterocycles. The zero-order valence-electron chi connectivity index (χ0n) is 13.7. The van der Waals surface area contributed by atoms with Gasteiger partial charge in [0.15, 0.2) is 0 Å². The molecular weight excluding hydrogens is 278 g/mol. The number of hydrogen-bond acceptors (Lipinski definition) is 4. The molecule has 4 heteroatoms. The highest BCUT2D eigenvalue weighted by Gasteiger charge is 2.46. The highest BCUT2D eigenvalue weighted by atomic mass is 16.5. The van der Waals surface area contributed by atoms with Crippen molar-refractivity contribution in [3.63, 3.8) is 0 Å². The summed E-state index contributed by atoms with van der Waals surface area (Å²) in [5, 5.41) is 0. The van der Waals surface area contributed by atoms with E-state index in [1.54, 1.807) is 14.2 Å². The van der Waals surface area contributed by atoms with Gasteiger partial charge in [-0.15, -0.1) is 0 Å². The first-order valence-corrected chi connectivity index (χ1v) is 8.24. The lowest BCUT2D eigenvalue weighted by molar-refractivity contribution is -0.141. The van der Waals surface area contributed by atoms with Crippen molar-refractivity contribution >= 4 is 0 Å². The minimum absolute atomic E-state index is 0.0146. The molecule has 0 amide bonds. The second-order valence-corrected chi connectivity index (χ2v) is 6.52. The normalized spacial score (nSPS) is 29.1. The van der Waals surface area contributed by atoms with E-state index in [-0.39, 0.29) is 5.60 Å². The van der Waals surface area contributed by atoms with E-state index >= 15 is 0 Å². The molecule has 2 atom stereocenters. The van der Waals surface area contributed by atoms with E-state index in [4.69, 9.17) is 14.2 Å². The third-order valence-corrected chi connectivity index (χ3v) is 5.12. The molecule has 1 spiro atoms. The van der Waals surface area contributed by atoms with Gasteiger partial charge in [-0.3, -0.25) is 4.90 Å². The Hall–Kier alpha value is -1.10. The molecule has 0 aromatic heterocycles. The zero-order chi connectivity index (χ0) is 15.4. The molecule has 0 radical (unpaired) electrons. The van der Waals surface area contributed by atoms with Crippen LogP contribution in [0.4, 0.5) is 0 Å². The second-order valence-electron chi connectivity index (χ2n) is 6.52. The molecule has 0 bridgehead atoms. The average Bonchev–Trinajstić information content (AvgIpc) is 2.91. The largest absolute Gasteiger partial charge is 0.497 e. The molecule has 1 aromatic rings. The highest BCUT2D eigenvalue weighted by Crippen LogP contribution is 2.41. The molecule has 0 N–H and O–H groups in total. The van der Waals surface area contributed by atoms with Crippen LogP contribution in [0.3, 0.4) is 0 Å². The van der Waals surface area contributed by atoms with Crippen LogP contribution in [-0.4, -0.2) is 51.0 Å². The maximum atomic E-state index is 6.25. The highest BCUT2D eigenvalue weighted by molar-refractivity contribution is 5.27. The maximum Gasteiger partial charge on any atom is 0.118 e. The lowest BCUT2D eigenvalue weighted by atomic mass is 9.89. The molecule has 1 aliphatic carbocycles. The van der Waals surface area contributed by atoms with Gasteiger partial charge in [0.2, 0.25) is 0 Å². The van der Waals surface area contributed by atoms with Crippen LogP contribution in [0.15, 0.2) is 24.3 Å². The quantitative estimate of drug-likeness (QED) is 0.837. The van der Waals surface area contributed by atoms with Gasteiger partial charge in [0, 0.05) is 32.7 Å². The van der Waals surface area contributed by atoms with Gasteiger partial charge < -0.3 is 14.2 Å². The van der Waals surface area contributed by atoms with Crippen LogP contribution in [-0.2, 0) is 16.0 Å². The summed E-state index contributed by atoms with van der Waals surface area (Å²) >= 11 is 0. The molecule has 3 rings (SSSR count). The fourth-order valence-corrected chi connectivity index (χ4v) is 3.95. The van der Waals surface area contributed by atoms with Crippen molar-refractivity contribution in [2.45, 2.75) is 31.4 Å². The van der Waals surface area contributed by atoms with Gasteiger partial charge in [0.05, 0.1) is 25.9 Å². The number of morpholine rings is 1. The van der Waals surface area contributed by atoms with Crippen molar-refractivity contribution in [1.29, 1.82) is 0 Å². The molecule has 1 heterocycles. The van der Waals surface area contributed by atoms with Crippen LogP contribution in [0.1, 0.15) is 24.8 Å². The van der Waals surface area contributed by atoms with Crippen LogP contribution < -0.4 is 4.74 Å². The Balaban J connectivity index is 1.64. The summed E-state index contributed by atoms with van der Waals surface area (Å²) in [6.45, 7) is 4.65. The Labute approximate surface area is 133 Å². The predicted octanol–water partition coefficient (Wildman–Crippen LogP) is 2.71. The number of methoxy groups -OCH3 is 2. The third kappa shape index (κ3) is 3.29. The Morgan fingerprint density at radius 2 is 2.09 bits per heavy atom. The average molecular weight is 305 g/mol. The summed E-state index contributed by atoms with van der Waals surface area (Å²) in [7, 11) is 3.50. The van der Waals surface area contributed by atoms with Crippen LogP contribution in [0, 0.1) is 5.92 Å². The van der Waals surface area contributed by atoms with Gasteiger partial charge in [0.1, 0.15) is 5.75 Å². The predicted molar refractivity (Wildman–Crippen MR) is 86.2 cm³/mol. The summed E-state index contributed by atoms with van der Waals surface area (Å²) < 4.78 is 16.9. The molecular formula is C18H27NO3. The Morgan fingerprint density at radius 3 is 2.82 bits per heavy atom. The molecule has 22 heavy (non-hydrogen) atoms. The smallest absolute Gasteiger partial charge is 0.118 e. The Bertz CT molecular complexity index is 476. The van der Waals surface area contributed by atoms with Crippen molar-refractivity contribution in [2.75, 3.05) is 40.5 Å². The van der Waals surface area contributed by atoms with E-state index in [0.717, 1.165) is 38.6 Å². The van der Waals surface area contributed by atoms with Gasteiger partial charge in [-0.2, -0.15) is 0 Å². The van der Waals surface area contributed by atoms with Gasteiger partial charge in [-0.05, 0) is 30.5 Å². The maximum absolute atomic E-state index is 6.25. The molecule has 0 unspecified atom stereocenters. The van der Waals surface area contributed by atoms with Gasteiger partial charge in [-0.1, -0.05) is 18.6 Å². The van der Waals surface area contributed by atoms with Crippen LogP contribution in [0.5, 0.6) is 5.75 Å². The summed E-state index contributed by atoms with van der Waals surface area (Å²) in [4.78, 5) is 2.53. The lowest BCUT2D eigenvalue weighted by Gasteiger charge is -2.44. The molecule has 2 fully saturated rings. The fraction of sp³-hybridized carbons (Fsp3) is 0.667. The van der Waals surface area contributed by atoms with Crippen molar-refractivity contribution in [3.05, 3.63) is 29.8 Å². The van der Waals surface area contributed by atoms with Crippen LogP contribution in [0.2, 0.25) is 0 Å². The number of nitrogens with zero attached hydrogens (tertiary/aromatic N) is 1. The molecule has 4 nitrogen and oxygen atoms in total. The first-order chi connectivity index (χ1) is 10.8. The molecule has 1 aliphatic heterocycles. The van der Waals surface area contributed by atoms with E-state index in [2.05, 4.69) is 17.0 Å². The number of hydrogen-bond donors (Lipinski definition) is 0. The summed E-state index contributed by atoms with van der Waals surface area (Å²) in [6, 6.07) is 8.38. The topological polar surface area (TPSA) is 30.9 Å². The number of rotatable bonds is 5. The minimum atomic E-state index is 0.0146.